The molecule has 48 heavy (non-hydrogen) atoms. The summed E-state index contributed by atoms with van der Waals surface area (Å²) < 4.78 is 18.0. The van der Waals surface area contributed by atoms with Crippen LogP contribution in [-0.2, 0) is 20.8 Å². The number of aliphatic hydroxyl groups excluding tert-OH is 1. The smallest absolute Gasteiger partial charge is 0.423 e. The van der Waals surface area contributed by atoms with Crippen molar-refractivity contribution in [1.82, 2.24) is 14.9 Å². The summed E-state index contributed by atoms with van der Waals surface area (Å²) in [4.78, 5) is 43.3. The lowest BCUT2D eigenvalue weighted by Crippen LogP contribution is -2.40. The van der Waals surface area contributed by atoms with Gasteiger partial charge in [-0.3, -0.25) is 4.99 Å². The van der Waals surface area contributed by atoms with E-state index in [2.05, 4.69) is 23.1 Å². The Bertz CT molecular complexity index is 1530. The second-order valence-electron chi connectivity index (χ2n) is 14.2. The van der Waals surface area contributed by atoms with Crippen molar-refractivity contribution >= 4 is 35.5 Å². The maximum atomic E-state index is 13.7. The molecule has 2 aromatic rings. The van der Waals surface area contributed by atoms with Gasteiger partial charge in [0, 0.05) is 45.2 Å². The highest BCUT2D eigenvalue weighted by Gasteiger charge is 2.43. The number of carboxylic acid groups (broad SMARTS) is 1. The van der Waals surface area contributed by atoms with Crippen LogP contribution in [0.25, 0.3) is 5.76 Å². The van der Waals surface area contributed by atoms with Gasteiger partial charge in [0.25, 0.3) is 0 Å². The van der Waals surface area contributed by atoms with Crippen molar-refractivity contribution in [1.29, 1.82) is 0 Å². The molecule has 2 heterocycles. The third-order valence-electron chi connectivity index (χ3n) is 7.98. The zero-order valence-corrected chi connectivity index (χ0v) is 29.2. The average molecular weight is 665 g/mol. The maximum Gasteiger partial charge on any atom is 0.423 e. The first-order valence-electron chi connectivity index (χ1n) is 15.9. The van der Waals surface area contributed by atoms with Gasteiger partial charge in [-0.2, -0.15) is 4.90 Å². The molecule has 2 fully saturated rings. The van der Waals surface area contributed by atoms with E-state index in [1.165, 1.54) is 11.9 Å². The number of carbonyl (C=O) groups excluding carboxylic acids is 1. The van der Waals surface area contributed by atoms with Crippen molar-refractivity contribution in [3.05, 3.63) is 66.3 Å². The van der Waals surface area contributed by atoms with Crippen LogP contribution >= 0.6 is 0 Å². The number of fused-ring (bicyclic) bond motifs is 1. The van der Waals surface area contributed by atoms with Crippen molar-refractivity contribution in [2.75, 3.05) is 37.0 Å². The fourth-order valence-corrected chi connectivity index (χ4v) is 5.81. The molecular weight excluding hydrogens is 616 g/mol. The van der Waals surface area contributed by atoms with E-state index >= 15 is 0 Å². The molecule has 1 aliphatic carbocycles. The number of ether oxygens (including phenoxy) is 3. The monoisotopic (exact) mass is 664 g/mol. The van der Waals surface area contributed by atoms with Gasteiger partial charge in [-0.1, -0.05) is 18.7 Å². The lowest BCUT2D eigenvalue weighted by molar-refractivity contribution is 0.0345. The van der Waals surface area contributed by atoms with E-state index in [1.54, 1.807) is 58.3 Å². The first kappa shape index (κ1) is 36.2. The summed E-state index contributed by atoms with van der Waals surface area (Å²) in [5.41, 5.74) is -0.0305. The van der Waals surface area contributed by atoms with Crippen LogP contribution in [-0.4, -0.2) is 87.7 Å². The Morgan fingerprint density at radius 3 is 2.25 bits per heavy atom. The van der Waals surface area contributed by atoms with Gasteiger partial charge in [0.15, 0.2) is 23.2 Å². The number of hydrogen-bond donors (Lipinski definition) is 2. The maximum absolute atomic E-state index is 13.7. The predicted octanol–water partition coefficient (Wildman–Crippen LogP) is 5.89. The minimum Gasteiger partial charge on any atom is -0.473 e. The van der Waals surface area contributed by atoms with Gasteiger partial charge < -0.3 is 34.2 Å². The van der Waals surface area contributed by atoms with Gasteiger partial charge in [0.1, 0.15) is 17.0 Å². The first-order chi connectivity index (χ1) is 22.4. The summed E-state index contributed by atoms with van der Waals surface area (Å²) in [5, 5.41) is 19.8. The SMILES string of the molecule is C=C(OC(=NC)c1ccc(CN(C)C(=O)O)cc1)c1nc(N2C[C@@H]3CCC(O)[C@@H]3C2)cnc1N(C(=C)OC(C)(C)C)C(=O)OC(C)(C)C. The van der Waals surface area contributed by atoms with E-state index in [-0.39, 0.29) is 47.6 Å². The number of amides is 2. The molecule has 1 saturated heterocycles. The molecular formula is C35H48N6O7. The van der Waals surface area contributed by atoms with Crippen molar-refractivity contribution in [2.45, 2.75) is 78.2 Å². The second-order valence-corrected chi connectivity index (χ2v) is 14.2. The molecule has 13 heteroatoms. The number of anilines is 2. The highest BCUT2D eigenvalue weighted by atomic mass is 16.6. The van der Waals surface area contributed by atoms with E-state index in [0.29, 0.717) is 30.4 Å². The Kier molecular flexibility index (Phi) is 10.7. The lowest BCUT2D eigenvalue weighted by Gasteiger charge is -2.32. The Morgan fingerprint density at radius 1 is 1.04 bits per heavy atom. The van der Waals surface area contributed by atoms with Crippen LogP contribution in [0.2, 0.25) is 0 Å². The summed E-state index contributed by atoms with van der Waals surface area (Å²) in [5.74, 6) is 1.29. The molecule has 0 bridgehead atoms. The molecule has 1 saturated carbocycles. The normalized spacial score (nSPS) is 19.4. The fraction of sp³-hybridized carbons (Fsp3) is 0.514. The van der Waals surface area contributed by atoms with Crippen LogP contribution in [0.15, 0.2) is 54.5 Å². The number of aliphatic hydroxyl groups is 1. The zero-order chi connectivity index (χ0) is 35.6. The van der Waals surface area contributed by atoms with Gasteiger partial charge in [0.2, 0.25) is 5.90 Å². The van der Waals surface area contributed by atoms with E-state index in [9.17, 15) is 19.8 Å². The average Bonchev–Trinajstić information content (AvgIpc) is 3.56. The Morgan fingerprint density at radius 2 is 1.69 bits per heavy atom. The van der Waals surface area contributed by atoms with Gasteiger partial charge in [-0.25, -0.2) is 19.6 Å². The number of benzene rings is 1. The van der Waals surface area contributed by atoms with Crippen molar-refractivity contribution < 1.29 is 34.0 Å². The number of aliphatic imine (C=N–C) groups is 1. The highest BCUT2D eigenvalue weighted by Crippen LogP contribution is 2.40. The van der Waals surface area contributed by atoms with Crippen LogP contribution in [0.1, 0.15) is 71.2 Å². The molecule has 1 unspecified atom stereocenters. The summed E-state index contributed by atoms with van der Waals surface area (Å²) >= 11 is 0. The summed E-state index contributed by atoms with van der Waals surface area (Å²) in [7, 11) is 3.06. The fourth-order valence-electron chi connectivity index (χ4n) is 5.81. The Labute approximate surface area is 282 Å². The molecule has 2 aliphatic rings. The number of hydrogen-bond acceptors (Lipinski definition) is 10. The molecule has 2 N–H and O–H groups in total. The van der Waals surface area contributed by atoms with E-state index in [1.807, 2.05) is 20.8 Å². The number of rotatable bonds is 9. The molecule has 4 rings (SSSR count). The molecule has 0 spiro atoms. The summed E-state index contributed by atoms with van der Waals surface area (Å²) in [6.45, 7) is 20.5. The quantitative estimate of drug-likeness (QED) is 0.189. The van der Waals surface area contributed by atoms with Crippen molar-refractivity contribution in [3.8, 4) is 0 Å². The van der Waals surface area contributed by atoms with Gasteiger partial charge in [-0.15, -0.1) is 0 Å². The molecule has 260 valence electrons. The van der Waals surface area contributed by atoms with Crippen LogP contribution in [0.4, 0.5) is 21.2 Å². The molecule has 3 atom stereocenters. The van der Waals surface area contributed by atoms with E-state index in [4.69, 9.17) is 24.2 Å². The third kappa shape index (κ3) is 8.82. The van der Waals surface area contributed by atoms with Crippen LogP contribution in [0.5, 0.6) is 0 Å². The number of aromatic nitrogens is 2. The Balaban J connectivity index is 1.73. The van der Waals surface area contributed by atoms with Crippen molar-refractivity contribution in [3.63, 3.8) is 0 Å². The number of nitrogens with zero attached hydrogens (tertiary/aromatic N) is 6. The van der Waals surface area contributed by atoms with Gasteiger partial charge in [0.05, 0.1) is 12.3 Å². The Hall–Kier alpha value is -4.65. The standard InChI is InChI=1S/C35H48N6O7/c1-21(46-31(36-9)24-13-11-23(12-14-24)18-39(10)32(43)44)29-30(41(22(2)47-34(3,4)5)33(45)48-35(6,7)8)37-17-28(38-29)40-19-25-15-16-27(42)26(25)20-40/h11-14,17,25-27,42H,1-2,15-16,18-20H2,3-10H3,(H,43,44)/t25-,26+,27?/m0/s1. The number of carbonyl (C=O) groups is 2. The molecule has 1 aromatic carbocycles. The minimum atomic E-state index is -1.03. The topological polar surface area (TPSA) is 150 Å². The zero-order valence-electron chi connectivity index (χ0n) is 29.2. The largest absolute Gasteiger partial charge is 0.473 e. The minimum absolute atomic E-state index is 0.0297. The van der Waals surface area contributed by atoms with Crippen LogP contribution in [0, 0.1) is 11.8 Å². The van der Waals surface area contributed by atoms with Crippen LogP contribution < -0.4 is 9.80 Å². The van der Waals surface area contributed by atoms with E-state index in [0.717, 1.165) is 23.3 Å². The molecule has 1 aliphatic heterocycles. The molecule has 2 amide bonds. The highest BCUT2D eigenvalue weighted by molar-refractivity contribution is 5.98. The van der Waals surface area contributed by atoms with Gasteiger partial charge >= 0.3 is 12.2 Å². The second kappa shape index (κ2) is 14.2. The first-order valence-corrected chi connectivity index (χ1v) is 15.9. The lowest BCUT2D eigenvalue weighted by atomic mass is 10.00. The van der Waals surface area contributed by atoms with Crippen molar-refractivity contribution in [2.24, 2.45) is 16.8 Å². The van der Waals surface area contributed by atoms with Crippen LogP contribution in [0.3, 0.4) is 0 Å². The third-order valence-corrected chi connectivity index (χ3v) is 7.98. The van der Waals surface area contributed by atoms with E-state index < -0.39 is 23.4 Å². The molecule has 13 nitrogen and oxygen atoms in total. The summed E-state index contributed by atoms with van der Waals surface area (Å²) in [6, 6.07) is 7.11. The van der Waals surface area contributed by atoms with Gasteiger partial charge in [-0.05, 0) is 84.6 Å². The molecule has 1 aromatic heterocycles. The predicted molar refractivity (Wildman–Crippen MR) is 184 cm³/mol. The summed E-state index contributed by atoms with van der Waals surface area (Å²) in [6.07, 6.45) is 1.14. The molecule has 0 radical (unpaired) electrons.